The molecular formula is C15H25N3. The summed E-state index contributed by atoms with van der Waals surface area (Å²) >= 11 is 0. The van der Waals surface area contributed by atoms with Gasteiger partial charge in [-0.25, -0.2) is 0 Å². The second-order valence-corrected chi connectivity index (χ2v) is 5.26. The predicted octanol–water partition coefficient (Wildman–Crippen LogP) is 2.33. The Morgan fingerprint density at radius 2 is 2.22 bits per heavy atom. The van der Waals surface area contributed by atoms with Crippen LogP contribution in [0.4, 0.5) is 11.4 Å². The molecule has 2 rings (SSSR count). The summed E-state index contributed by atoms with van der Waals surface area (Å²) in [5.41, 5.74) is 2.63. The van der Waals surface area contributed by atoms with Crippen LogP contribution in [0.5, 0.6) is 0 Å². The van der Waals surface area contributed by atoms with Gasteiger partial charge in [0, 0.05) is 44.6 Å². The van der Waals surface area contributed by atoms with Crippen molar-refractivity contribution in [1.82, 2.24) is 5.32 Å². The Labute approximate surface area is 111 Å². The van der Waals surface area contributed by atoms with Crippen LogP contribution >= 0.6 is 0 Å². The quantitative estimate of drug-likeness (QED) is 0.881. The topological polar surface area (TPSA) is 18.5 Å². The number of piperidine rings is 1. The largest absolute Gasteiger partial charge is 0.378 e. The highest BCUT2D eigenvalue weighted by Crippen LogP contribution is 2.24. The summed E-state index contributed by atoms with van der Waals surface area (Å²) in [6, 6.07) is 9.47. The van der Waals surface area contributed by atoms with Crippen LogP contribution in [0.3, 0.4) is 0 Å². The van der Waals surface area contributed by atoms with Gasteiger partial charge in [0.1, 0.15) is 0 Å². The van der Waals surface area contributed by atoms with Gasteiger partial charge in [-0.3, -0.25) is 0 Å². The minimum Gasteiger partial charge on any atom is -0.378 e. The molecule has 3 heteroatoms. The number of nitrogens with one attached hydrogen (secondary N) is 1. The highest BCUT2D eigenvalue weighted by Gasteiger charge is 2.19. The highest BCUT2D eigenvalue weighted by atomic mass is 15.2. The molecule has 1 atom stereocenters. The lowest BCUT2D eigenvalue weighted by atomic mass is 10.0. The lowest BCUT2D eigenvalue weighted by Gasteiger charge is -2.35. The molecule has 1 aromatic rings. The summed E-state index contributed by atoms with van der Waals surface area (Å²) in [6.45, 7) is 5.56. The molecule has 1 N–H and O–H groups in total. The van der Waals surface area contributed by atoms with E-state index in [2.05, 4.69) is 60.4 Å². The van der Waals surface area contributed by atoms with Crippen LogP contribution < -0.4 is 15.1 Å². The number of anilines is 2. The first-order valence-electron chi connectivity index (χ1n) is 6.96. The number of rotatable bonds is 4. The molecule has 0 saturated carbocycles. The van der Waals surface area contributed by atoms with Crippen molar-refractivity contribution in [3.05, 3.63) is 24.3 Å². The van der Waals surface area contributed by atoms with E-state index < -0.39 is 0 Å². The van der Waals surface area contributed by atoms with Gasteiger partial charge in [0.15, 0.2) is 0 Å². The molecule has 1 aliphatic rings. The van der Waals surface area contributed by atoms with E-state index in [1.54, 1.807) is 0 Å². The van der Waals surface area contributed by atoms with Gasteiger partial charge in [0.25, 0.3) is 0 Å². The molecule has 1 unspecified atom stereocenters. The first-order valence-corrected chi connectivity index (χ1v) is 6.96. The number of benzene rings is 1. The van der Waals surface area contributed by atoms with Gasteiger partial charge in [-0.05, 0) is 37.6 Å². The Balaban J connectivity index is 2.08. The number of nitrogens with zero attached hydrogens (tertiary/aromatic N) is 2. The Kier molecular flexibility index (Phi) is 4.48. The zero-order chi connectivity index (χ0) is 13.0. The zero-order valence-electron chi connectivity index (χ0n) is 11.8. The molecule has 0 spiro atoms. The third-order valence-corrected chi connectivity index (χ3v) is 3.63. The average molecular weight is 247 g/mol. The molecule has 0 aromatic heterocycles. The zero-order valence-corrected chi connectivity index (χ0v) is 11.8. The smallest absolute Gasteiger partial charge is 0.0387 e. The number of hydrogen-bond donors (Lipinski definition) is 1. The van der Waals surface area contributed by atoms with Crippen molar-refractivity contribution < 1.29 is 0 Å². The van der Waals surface area contributed by atoms with E-state index in [-0.39, 0.29) is 0 Å². The second kappa shape index (κ2) is 6.10. The fourth-order valence-corrected chi connectivity index (χ4v) is 2.63. The molecule has 1 saturated heterocycles. The summed E-state index contributed by atoms with van der Waals surface area (Å²) in [6.07, 6.45) is 2.58. The third kappa shape index (κ3) is 3.16. The molecule has 0 aliphatic carbocycles. The van der Waals surface area contributed by atoms with Gasteiger partial charge in [-0.15, -0.1) is 0 Å². The first kappa shape index (κ1) is 13.2. The summed E-state index contributed by atoms with van der Waals surface area (Å²) in [5, 5.41) is 3.57. The molecule has 1 heterocycles. The highest BCUT2D eigenvalue weighted by molar-refractivity contribution is 5.59. The lowest BCUT2D eigenvalue weighted by molar-refractivity contribution is 0.431. The van der Waals surface area contributed by atoms with E-state index >= 15 is 0 Å². The fraction of sp³-hybridized carbons (Fsp3) is 0.600. The van der Waals surface area contributed by atoms with Crippen LogP contribution in [-0.4, -0.2) is 39.8 Å². The van der Waals surface area contributed by atoms with Gasteiger partial charge in [0.05, 0.1) is 0 Å². The van der Waals surface area contributed by atoms with Crippen LogP contribution in [0.2, 0.25) is 0 Å². The number of likely N-dealkylation sites (N-methyl/N-ethyl adjacent to an activating group) is 1. The molecule has 3 nitrogen and oxygen atoms in total. The van der Waals surface area contributed by atoms with E-state index in [1.165, 1.54) is 30.8 Å². The molecule has 18 heavy (non-hydrogen) atoms. The van der Waals surface area contributed by atoms with Crippen molar-refractivity contribution in [3.63, 3.8) is 0 Å². The molecular weight excluding hydrogens is 222 g/mol. The average Bonchev–Trinajstić information content (AvgIpc) is 2.39. The van der Waals surface area contributed by atoms with E-state index in [0.717, 1.165) is 13.1 Å². The van der Waals surface area contributed by atoms with Crippen molar-refractivity contribution in [2.45, 2.75) is 25.8 Å². The van der Waals surface area contributed by atoms with Crippen molar-refractivity contribution in [1.29, 1.82) is 0 Å². The van der Waals surface area contributed by atoms with Gasteiger partial charge < -0.3 is 15.1 Å². The summed E-state index contributed by atoms with van der Waals surface area (Å²) < 4.78 is 0. The van der Waals surface area contributed by atoms with Crippen molar-refractivity contribution in [3.8, 4) is 0 Å². The molecule has 0 radical (unpaired) electrons. The standard InChI is InChI=1S/C15H25N3/c1-4-16-13-7-6-10-18(12-13)15-9-5-8-14(11-15)17(2)3/h5,8-9,11,13,16H,4,6-7,10,12H2,1-3H3. The number of hydrogen-bond acceptors (Lipinski definition) is 3. The minimum atomic E-state index is 0.645. The van der Waals surface area contributed by atoms with Gasteiger partial charge >= 0.3 is 0 Å². The van der Waals surface area contributed by atoms with Gasteiger partial charge in [0.2, 0.25) is 0 Å². The maximum atomic E-state index is 3.57. The van der Waals surface area contributed by atoms with Crippen molar-refractivity contribution in [2.24, 2.45) is 0 Å². The van der Waals surface area contributed by atoms with Crippen molar-refractivity contribution >= 4 is 11.4 Å². The van der Waals surface area contributed by atoms with Gasteiger partial charge in [-0.1, -0.05) is 13.0 Å². The summed E-state index contributed by atoms with van der Waals surface area (Å²) in [4.78, 5) is 4.67. The maximum Gasteiger partial charge on any atom is 0.0387 e. The van der Waals surface area contributed by atoms with Gasteiger partial charge in [-0.2, -0.15) is 0 Å². The van der Waals surface area contributed by atoms with E-state index in [1.807, 2.05) is 0 Å². The lowest BCUT2D eigenvalue weighted by Crippen LogP contribution is -2.45. The van der Waals surface area contributed by atoms with E-state index in [4.69, 9.17) is 0 Å². The van der Waals surface area contributed by atoms with E-state index in [0.29, 0.717) is 6.04 Å². The molecule has 0 bridgehead atoms. The maximum absolute atomic E-state index is 3.57. The molecule has 100 valence electrons. The molecule has 1 aliphatic heterocycles. The second-order valence-electron chi connectivity index (χ2n) is 5.26. The van der Waals surface area contributed by atoms with Crippen LogP contribution in [-0.2, 0) is 0 Å². The predicted molar refractivity (Wildman–Crippen MR) is 79.7 cm³/mol. The minimum absolute atomic E-state index is 0.645. The van der Waals surface area contributed by atoms with E-state index in [9.17, 15) is 0 Å². The van der Waals surface area contributed by atoms with Crippen LogP contribution in [0.15, 0.2) is 24.3 Å². The SMILES string of the molecule is CCNC1CCCN(c2cccc(N(C)C)c2)C1. The third-order valence-electron chi connectivity index (χ3n) is 3.63. The Bertz CT molecular complexity index is 374. The Morgan fingerprint density at radius 1 is 1.39 bits per heavy atom. The van der Waals surface area contributed by atoms with Crippen LogP contribution in [0, 0.1) is 0 Å². The Morgan fingerprint density at radius 3 is 2.94 bits per heavy atom. The van der Waals surface area contributed by atoms with Crippen LogP contribution in [0.1, 0.15) is 19.8 Å². The first-order chi connectivity index (χ1) is 8.70. The molecule has 1 aromatic carbocycles. The molecule has 0 amide bonds. The van der Waals surface area contributed by atoms with Crippen LogP contribution in [0.25, 0.3) is 0 Å². The normalized spacial score (nSPS) is 19.9. The fourth-order valence-electron chi connectivity index (χ4n) is 2.63. The molecule has 1 fully saturated rings. The monoisotopic (exact) mass is 247 g/mol. The summed E-state index contributed by atoms with van der Waals surface area (Å²) in [7, 11) is 4.19. The Hall–Kier alpha value is -1.22. The van der Waals surface area contributed by atoms with Crippen molar-refractivity contribution in [2.75, 3.05) is 43.5 Å². The summed E-state index contributed by atoms with van der Waals surface area (Å²) in [5.74, 6) is 0.